The van der Waals surface area contributed by atoms with E-state index in [-0.39, 0.29) is 45.0 Å². The number of carbonyl (C=O) groups is 1. The molecule has 2 saturated heterocycles. The molecule has 12 nitrogen and oxygen atoms in total. The normalized spacial score (nSPS) is 34.4. The van der Waals surface area contributed by atoms with Crippen LogP contribution < -0.4 is 4.74 Å². The van der Waals surface area contributed by atoms with Crippen molar-refractivity contribution in [1.82, 2.24) is 5.23 Å². The highest BCUT2D eigenvalue weighted by Gasteiger charge is 2.49. The number of benzene rings is 1. The van der Waals surface area contributed by atoms with Crippen LogP contribution in [0.4, 0.5) is 0 Å². The fourth-order valence-electron chi connectivity index (χ4n) is 4.94. The molecule has 1 aromatic rings. The first-order valence-electron chi connectivity index (χ1n) is 11.6. The molecule has 0 bridgehead atoms. The van der Waals surface area contributed by atoms with Crippen molar-refractivity contribution in [2.45, 2.75) is 89.2 Å². The number of nitrogens with zero attached hydrogens (tertiary/aromatic N) is 1. The van der Waals surface area contributed by atoms with E-state index < -0.39 is 60.4 Å². The molecule has 210 valence electrons. The zero-order valence-electron chi connectivity index (χ0n) is 21.3. The maximum atomic E-state index is 13.3. The van der Waals surface area contributed by atoms with Crippen molar-refractivity contribution < 1.29 is 48.6 Å². The number of aliphatic hydroxyl groups is 1. The molecule has 1 aromatic carbocycles. The van der Waals surface area contributed by atoms with Gasteiger partial charge in [0.05, 0.1) is 29.9 Å². The summed E-state index contributed by atoms with van der Waals surface area (Å²) in [5.74, 6) is -1.45. The van der Waals surface area contributed by atoms with Gasteiger partial charge in [0.25, 0.3) is 0 Å². The van der Waals surface area contributed by atoms with Crippen LogP contribution >= 0.6 is 23.2 Å². The number of aliphatic hydroxyl groups excluding tert-OH is 1. The third-order valence-electron chi connectivity index (χ3n) is 6.84. The summed E-state index contributed by atoms with van der Waals surface area (Å²) in [5.41, 5.74) is -1.33. The number of hydrogen-bond acceptors (Lipinski definition) is 12. The molecule has 2 aliphatic heterocycles. The van der Waals surface area contributed by atoms with Crippen LogP contribution in [0.2, 0.25) is 10.0 Å². The van der Waals surface area contributed by atoms with Crippen molar-refractivity contribution in [3.63, 3.8) is 0 Å². The van der Waals surface area contributed by atoms with Gasteiger partial charge in [0.2, 0.25) is 0 Å². The van der Waals surface area contributed by atoms with Gasteiger partial charge in [0, 0.05) is 20.0 Å². The van der Waals surface area contributed by atoms with Crippen molar-refractivity contribution in [1.29, 1.82) is 0 Å². The van der Waals surface area contributed by atoms with Crippen LogP contribution in [-0.4, -0.2) is 89.5 Å². The van der Waals surface area contributed by atoms with Gasteiger partial charge in [0.15, 0.2) is 30.2 Å². The van der Waals surface area contributed by atoms with Gasteiger partial charge in [-0.15, -0.1) is 0 Å². The van der Waals surface area contributed by atoms with E-state index in [9.17, 15) is 25.4 Å². The number of rotatable bonds is 7. The topological polar surface area (TPSA) is 159 Å². The summed E-state index contributed by atoms with van der Waals surface area (Å²) in [6.45, 7) is 6.25. The number of phenols is 1. The molecule has 0 aromatic heterocycles. The van der Waals surface area contributed by atoms with E-state index in [1.807, 2.05) is 0 Å². The number of phenolic OH excluding ortho intramolecular Hbond substituents is 1. The zero-order chi connectivity index (χ0) is 27.8. The van der Waals surface area contributed by atoms with Gasteiger partial charge >= 0.3 is 5.97 Å². The fraction of sp³-hybridized carbons (Fsp3) is 0.696. The molecular weight excluding hydrogens is 537 g/mol. The molecule has 3 N–H and O–H groups in total. The van der Waals surface area contributed by atoms with E-state index in [1.165, 1.54) is 28.1 Å². The lowest BCUT2D eigenvalue weighted by molar-refractivity contribution is -0.321. The zero-order valence-corrected chi connectivity index (χ0v) is 22.8. The Hall–Kier alpha value is -1.45. The number of methoxy groups -OCH3 is 2. The number of halogens is 2. The summed E-state index contributed by atoms with van der Waals surface area (Å²) in [4.78, 5) is 13.3. The van der Waals surface area contributed by atoms with E-state index in [0.29, 0.717) is 0 Å². The van der Waals surface area contributed by atoms with E-state index in [0.717, 1.165) is 0 Å². The molecule has 0 spiro atoms. The van der Waals surface area contributed by atoms with Gasteiger partial charge in [-0.1, -0.05) is 23.2 Å². The number of hydroxylamine groups is 2. The highest BCUT2D eigenvalue weighted by Crippen LogP contribution is 2.45. The highest BCUT2D eigenvalue weighted by molar-refractivity contribution is 6.39. The Morgan fingerprint density at radius 2 is 1.84 bits per heavy atom. The molecule has 0 saturated carbocycles. The minimum Gasteiger partial charge on any atom is -0.762 e. The van der Waals surface area contributed by atoms with Gasteiger partial charge in [-0.2, -0.15) is 0 Å². The van der Waals surface area contributed by atoms with Gasteiger partial charge in [-0.05, 0) is 33.3 Å². The molecule has 2 fully saturated rings. The summed E-state index contributed by atoms with van der Waals surface area (Å²) in [6.07, 6.45) is -6.63. The lowest BCUT2D eigenvalue weighted by Crippen LogP contribution is -2.63. The molecule has 2 aliphatic rings. The summed E-state index contributed by atoms with van der Waals surface area (Å²) in [7, 11) is 2.67. The van der Waals surface area contributed by atoms with Crippen LogP contribution in [0.25, 0.3) is 0 Å². The van der Waals surface area contributed by atoms with Crippen molar-refractivity contribution in [2.75, 3.05) is 14.2 Å². The maximum Gasteiger partial charge on any atom is 0.342 e. The van der Waals surface area contributed by atoms with E-state index >= 15 is 0 Å². The van der Waals surface area contributed by atoms with Crippen LogP contribution in [0.3, 0.4) is 0 Å². The Morgan fingerprint density at radius 3 is 2.41 bits per heavy atom. The number of aromatic hydroxyl groups is 1. The van der Waals surface area contributed by atoms with Crippen LogP contribution in [0.1, 0.15) is 49.5 Å². The van der Waals surface area contributed by atoms with Gasteiger partial charge < -0.3 is 49.0 Å². The quantitative estimate of drug-likeness (QED) is 0.326. The van der Waals surface area contributed by atoms with E-state index in [4.69, 9.17) is 51.6 Å². The number of ether oxygens (including phenoxy) is 6. The largest absolute Gasteiger partial charge is 0.762 e. The van der Waals surface area contributed by atoms with E-state index in [1.54, 1.807) is 13.8 Å². The second-order valence-electron chi connectivity index (χ2n) is 9.35. The third-order valence-corrected chi connectivity index (χ3v) is 7.65. The first-order chi connectivity index (χ1) is 17.3. The predicted octanol–water partition coefficient (Wildman–Crippen LogP) is 3.15. The molecule has 8 atom stereocenters. The second kappa shape index (κ2) is 11.7. The lowest BCUT2D eigenvalue weighted by Gasteiger charge is -2.53. The Morgan fingerprint density at radius 1 is 1.19 bits per heavy atom. The molecule has 0 amide bonds. The second-order valence-corrected chi connectivity index (χ2v) is 10.1. The van der Waals surface area contributed by atoms with E-state index in [2.05, 4.69) is 0 Å². The summed E-state index contributed by atoms with van der Waals surface area (Å²) in [6, 6.07) is 0. The number of hydrogen-bond donors (Lipinski definition) is 3. The molecule has 2 heterocycles. The van der Waals surface area contributed by atoms with Crippen molar-refractivity contribution in [2.24, 2.45) is 0 Å². The number of carbonyl (C=O) groups excluding carboxylic acids is 1. The average Bonchev–Trinajstić information content (AvgIpc) is 2.81. The number of esters is 1. The SMILES string of the molecule is COc1c(Cl)c(O)c(Cl)c(C)c1C(=O)O[C@@H]1[C@H](C)O[C@@H](O)C[C@H]1O[C@H]1C[C@](C)(N([O-])O)[C@H](OC)[C@@H](C)O1. The van der Waals surface area contributed by atoms with Gasteiger partial charge in [-0.25, -0.2) is 4.79 Å². The monoisotopic (exact) mass is 568 g/mol. The predicted molar refractivity (Wildman–Crippen MR) is 130 cm³/mol. The van der Waals surface area contributed by atoms with Crippen molar-refractivity contribution >= 4 is 29.2 Å². The molecule has 0 aliphatic carbocycles. The molecule has 0 unspecified atom stereocenters. The third kappa shape index (κ3) is 5.78. The highest BCUT2D eigenvalue weighted by atomic mass is 35.5. The first-order valence-corrected chi connectivity index (χ1v) is 12.3. The Labute approximate surface area is 224 Å². The Kier molecular flexibility index (Phi) is 9.55. The smallest absolute Gasteiger partial charge is 0.342 e. The van der Waals surface area contributed by atoms with Crippen LogP contribution in [0.15, 0.2) is 0 Å². The Bertz CT molecular complexity index is 996. The molecule has 37 heavy (non-hydrogen) atoms. The van der Waals surface area contributed by atoms with Gasteiger partial charge in [-0.3, -0.25) is 5.23 Å². The molecule has 3 rings (SSSR count). The van der Waals surface area contributed by atoms with Gasteiger partial charge in [0.1, 0.15) is 22.8 Å². The summed E-state index contributed by atoms with van der Waals surface area (Å²) in [5, 5.41) is 41.6. The molecular formula is C23H32Cl2NO11-. The van der Waals surface area contributed by atoms with Crippen LogP contribution in [0, 0.1) is 12.1 Å². The summed E-state index contributed by atoms with van der Waals surface area (Å²) >= 11 is 12.3. The molecule has 14 heteroatoms. The average molecular weight is 569 g/mol. The minimum atomic E-state index is -1.40. The fourth-order valence-corrected chi connectivity index (χ4v) is 5.44. The van der Waals surface area contributed by atoms with Crippen LogP contribution in [-0.2, 0) is 23.7 Å². The van der Waals surface area contributed by atoms with Crippen molar-refractivity contribution in [3.05, 3.63) is 26.4 Å². The summed E-state index contributed by atoms with van der Waals surface area (Å²) < 4.78 is 33.8. The first kappa shape index (κ1) is 30.1. The van der Waals surface area contributed by atoms with Crippen molar-refractivity contribution in [3.8, 4) is 11.5 Å². The standard InChI is InChI=1S/C23H32Cl2NO11/c1-9-15(20(32-5)17(25)18(28)16(9)24)22(29)37-19-10(2)34-13(27)7-12(19)36-14-8-23(4,26(30)31)21(33-6)11(3)35-14/h10-14,19,21,27-28,30H,7-8H2,1-6H3/q-1/t10-,11+,12+,13+,14-,19+,21+,23-/m0/s1. The maximum absolute atomic E-state index is 13.3. The molecule has 0 radical (unpaired) electrons. The van der Waals surface area contributed by atoms with Crippen LogP contribution in [0.5, 0.6) is 11.5 Å². The lowest BCUT2D eigenvalue weighted by atomic mass is 9.85. The minimum absolute atomic E-state index is 0.0888. The Balaban J connectivity index is 1.88.